The summed E-state index contributed by atoms with van der Waals surface area (Å²) < 4.78 is 52.7. The zero-order valence-electron chi connectivity index (χ0n) is 19.6. The molecule has 35 heavy (non-hydrogen) atoms. The van der Waals surface area contributed by atoms with Gasteiger partial charge in [-0.2, -0.15) is 12.7 Å². The first-order valence-corrected chi connectivity index (χ1v) is 12.1. The number of rotatable bonds is 9. The van der Waals surface area contributed by atoms with Crippen LogP contribution in [0.3, 0.4) is 0 Å². The second kappa shape index (κ2) is 10.9. The van der Waals surface area contributed by atoms with Crippen LogP contribution in [-0.4, -0.2) is 46.9 Å². The lowest BCUT2D eigenvalue weighted by Crippen LogP contribution is -2.40. The van der Waals surface area contributed by atoms with Crippen molar-refractivity contribution in [1.82, 2.24) is 4.31 Å². The minimum Gasteiger partial charge on any atom is -0.495 e. The number of nitrogens with zero attached hydrogens (tertiary/aromatic N) is 2. The standard InChI is InChI=1S/C24H25ClFN3O5S/c1-28(2)35(31,32)29(21-8-6-5-7-19(21)26)15-16-9-11-17(12-10-16)24(30)27-20-14-22(33-3)18(25)13-23(20)34-4/h5-14H,15H2,1-4H3,(H,27,30). The SMILES string of the molecule is COc1cc(NC(=O)c2ccc(CN(c3ccccc3F)S(=O)(=O)N(C)C)cc2)c(OC)cc1Cl. The molecule has 0 bridgehead atoms. The molecule has 0 heterocycles. The molecule has 0 aliphatic rings. The fourth-order valence-electron chi connectivity index (χ4n) is 3.22. The number of hydrogen-bond donors (Lipinski definition) is 1. The van der Waals surface area contributed by atoms with Gasteiger partial charge >= 0.3 is 10.2 Å². The minimum atomic E-state index is -3.99. The number of ether oxygens (including phenoxy) is 2. The van der Waals surface area contributed by atoms with Gasteiger partial charge in [0.25, 0.3) is 5.91 Å². The van der Waals surface area contributed by atoms with E-state index in [-0.39, 0.29) is 12.2 Å². The van der Waals surface area contributed by atoms with Crippen molar-refractivity contribution in [1.29, 1.82) is 0 Å². The molecule has 0 fully saturated rings. The minimum absolute atomic E-state index is 0.0770. The van der Waals surface area contributed by atoms with Crippen molar-refractivity contribution in [2.24, 2.45) is 0 Å². The predicted molar refractivity (Wildman–Crippen MR) is 134 cm³/mol. The Labute approximate surface area is 209 Å². The maximum Gasteiger partial charge on any atom is 0.303 e. The molecule has 0 radical (unpaired) electrons. The summed E-state index contributed by atoms with van der Waals surface area (Å²) in [5.41, 5.74) is 1.16. The summed E-state index contributed by atoms with van der Waals surface area (Å²) in [6, 6.07) is 15.0. The van der Waals surface area contributed by atoms with Gasteiger partial charge in [0.05, 0.1) is 37.2 Å². The van der Waals surface area contributed by atoms with E-state index in [2.05, 4.69) is 5.32 Å². The topological polar surface area (TPSA) is 88.2 Å². The van der Waals surface area contributed by atoms with E-state index in [0.717, 1.165) is 8.61 Å². The maximum absolute atomic E-state index is 14.4. The smallest absolute Gasteiger partial charge is 0.303 e. The van der Waals surface area contributed by atoms with Crippen LogP contribution in [0.25, 0.3) is 0 Å². The van der Waals surface area contributed by atoms with Gasteiger partial charge in [-0.3, -0.25) is 9.10 Å². The number of benzene rings is 3. The molecule has 0 aliphatic carbocycles. The van der Waals surface area contributed by atoms with Crippen LogP contribution in [0.15, 0.2) is 60.7 Å². The number of amides is 1. The highest BCUT2D eigenvalue weighted by atomic mass is 35.5. The molecule has 1 amide bonds. The van der Waals surface area contributed by atoms with Gasteiger partial charge in [-0.1, -0.05) is 35.9 Å². The molecule has 0 aliphatic heterocycles. The number of methoxy groups -OCH3 is 2. The van der Waals surface area contributed by atoms with Crippen LogP contribution in [0.1, 0.15) is 15.9 Å². The van der Waals surface area contributed by atoms with Crippen LogP contribution in [0.5, 0.6) is 11.5 Å². The number of halogens is 2. The molecule has 0 aromatic heterocycles. The van der Waals surface area contributed by atoms with Crippen molar-refractivity contribution in [2.45, 2.75) is 6.54 Å². The average molecular weight is 522 g/mol. The molecule has 1 N–H and O–H groups in total. The Kier molecular flexibility index (Phi) is 8.21. The largest absolute Gasteiger partial charge is 0.495 e. The van der Waals surface area contributed by atoms with Crippen molar-refractivity contribution in [2.75, 3.05) is 37.9 Å². The fraction of sp³-hybridized carbons (Fsp3) is 0.208. The van der Waals surface area contributed by atoms with Crippen molar-refractivity contribution in [3.63, 3.8) is 0 Å². The van der Waals surface area contributed by atoms with Gasteiger partial charge in [0.2, 0.25) is 0 Å². The Balaban J connectivity index is 1.85. The molecule has 186 valence electrons. The summed E-state index contributed by atoms with van der Waals surface area (Å²) in [7, 11) is 1.66. The molecule has 3 aromatic carbocycles. The molecule has 0 spiro atoms. The zero-order valence-corrected chi connectivity index (χ0v) is 21.2. The van der Waals surface area contributed by atoms with E-state index in [4.69, 9.17) is 21.1 Å². The van der Waals surface area contributed by atoms with Gasteiger partial charge in [-0.05, 0) is 29.8 Å². The molecule has 0 unspecified atom stereocenters. The van der Waals surface area contributed by atoms with Gasteiger partial charge in [0.15, 0.2) is 0 Å². The Morgan fingerprint density at radius 2 is 1.63 bits per heavy atom. The van der Waals surface area contributed by atoms with Gasteiger partial charge < -0.3 is 14.8 Å². The summed E-state index contributed by atoms with van der Waals surface area (Å²) in [4.78, 5) is 12.8. The van der Waals surface area contributed by atoms with E-state index < -0.39 is 21.9 Å². The third kappa shape index (κ3) is 5.84. The monoisotopic (exact) mass is 521 g/mol. The number of carbonyl (C=O) groups is 1. The van der Waals surface area contributed by atoms with E-state index in [1.54, 1.807) is 36.4 Å². The van der Waals surface area contributed by atoms with Crippen LogP contribution in [0.4, 0.5) is 15.8 Å². The lowest BCUT2D eigenvalue weighted by molar-refractivity contribution is 0.102. The Morgan fingerprint density at radius 1 is 1.00 bits per heavy atom. The fourth-order valence-corrected chi connectivity index (χ4v) is 4.56. The van der Waals surface area contributed by atoms with E-state index in [0.29, 0.717) is 33.3 Å². The Bertz CT molecular complexity index is 1320. The van der Waals surface area contributed by atoms with E-state index in [1.807, 2.05) is 0 Å². The number of nitrogens with one attached hydrogen (secondary N) is 1. The van der Waals surface area contributed by atoms with E-state index >= 15 is 0 Å². The second-order valence-electron chi connectivity index (χ2n) is 7.59. The number of para-hydroxylation sites is 1. The molecule has 0 atom stereocenters. The second-order valence-corrected chi connectivity index (χ2v) is 10.1. The highest BCUT2D eigenvalue weighted by Gasteiger charge is 2.27. The van der Waals surface area contributed by atoms with Gasteiger partial charge in [0, 0.05) is 31.8 Å². The summed E-state index contributed by atoms with van der Waals surface area (Å²) in [6.45, 7) is -0.133. The van der Waals surface area contributed by atoms with Crippen LogP contribution < -0.4 is 19.1 Å². The first kappa shape index (κ1) is 26.3. The van der Waals surface area contributed by atoms with Crippen molar-refractivity contribution >= 4 is 39.1 Å². The summed E-state index contributed by atoms with van der Waals surface area (Å²) in [5.74, 6) is -0.365. The molecule has 11 heteroatoms. The van der Waals surface area contributed by atoms with E-state index in [1.165, 1.54) is 52.6 Å². The van der Waals surface area contributed by atoms with Crippen molar-refractivity contribution in [3.05, 3.63) is 82.6 Å². The van der Waals surface area contributed by atoms with Crippen molar-refractivity contribution in [3.8, 4) is 11.5 Å². The Hall–Kier alpha value is -3.34. The number of hydrogen-bond acceptors (Lipinski definition) is 5. The third-order valence-corrected chi connectivity index (χ3v) is 7.23. The predicted octanol–water partition coefficient (Wildman–Crippen LogP) is 4.56. The van der Waals surface area contributed by atoms with Gasteiger partial charge in [0.1, 0.15) is 17.3 Å². The highest BCUT2D eigenvalue weighted by molar-refractivity contribution is 7.90. The zero-order chi connectivity index (χ0) is 25.8. The van der Waals surface area contributed by atoms with Gasteiger partial charge in [-0.25, -0.2) is 4.39 Å². The molecule has 3 rings (SSSR count). The lowest BCUT2D eigenvalue weighted by Gasteiger charge is -2.27. The number of anilines is 2. The number of carbonyl (C=O) groups excluding carboxylic acids is 1. The van der Waals surface area contributed by atoms with Crippen LogP contribution in [0.2, 0.25) is 5.02 Å². The molecule has 8 nitrogen and oxygen atoms in total. The first-order chi connectivity index (χ1) is 16.6. The molecule has 0 saturated carbocycles. The lowest BCUT2D eigenvalue weighted by atomic mass is 10.1. The molecular formula is C24H25ClFN3O5S. The van der Waals surface area contributed by atoms with E-state index in [9.17, 15) is 17.6 Å². The summed E-state index contributed by atoms with van der Waals surface area (Å²) in [6.07, 6.45) is 0. The average Bonchev–Trinajstić information content (AvgIpc) is 2.84. The molecule has 0 saturated heterocycles. The highest BCUT2D eigenvalue weighted by Crippen LogP contribution is 2.36. The summed E-state index contributed by atoms with van der Waals surface area (Å²) >= 11 is 6.11. The molecule has 3 aromatic rings. The van der Waals surface area contributed by atoms with Crippen LogP contribution in [0, 0.1) is 5.82 Å². The van der Waals surface area contributed by atoms with Gasteiger partial charge in [-0.15, -0.1) is 0 Å². The van der Waals surface area contributed by atoms with Crippen LogP contribution >= 0.6 is 11.6 Å². The normalized spacial score (nSPS) is 11.3. The van der Waals surface area contributed by atoms with Crippen molar-refractivity contribution < 1.29 is 27.1 Å². The quantitative estimate of drug-likeness (QED) is 0.446. The maximum atomic E-state index is 14.4. The summed E-state index contributed by atoms with van der Waals surface area (Å²) in [5, 5.41) is 3.08. The van der Waals surface area contributed by atoms with Crippen LogP contribution in [-0.2, 0) is 16.8 Å². The molecular weight excluding hydrogens is 497 g/mol. The third-order valence-electron chi connectivity index (χ3n) is 5.13. The first-order valence-electron chi connectivity index (χ1n) is 10.3. The Morgan fingerprint density at radius 3 is 2.20 bits per heavy atom.